The van der Waals surface area contributed by atoms with Crippen LogP contribution in [0.5, 0.6) is 0 Å². The predicted octanol–water partition coefficient (Wildman–Crippen LogP) is 5.21. The molecule has 2 aromatic carbocycles. The Balaban J connectivity index is 1.30. The molecule has 3 aromatic rings. The molecule has 3 saturated heterocycles. The Morgan fingerprint density at radius 1 is 0.857 bits per heavy atom. The van der Waals surface area contributed by atoms with Gasteiger partial charge in [-0.2, -0.15) is 0 Å². The maximum Gasteiger partial charge on any atom is 0.0342 e. The van der Waals surface area contributed by atoms with E-state index in [0.717, 1.165) is 18.9 Å². The van der Waals surface area contributed by atoms with Crippen LogP contribution in [0.1, 0.15) is 24.0 Å². The first kappa shape index (κ1) is 18.1. The van der Waals surface area contributed by atoms with E-state index in [9.17, 15) is 0 Å². The molecule has 0 radical (unpaired) electrons. The number of nitrogens with zero attached hydrogens (tertiary/aromatic N) is 1. The lowest BCUT2D eigenvalue weighted by atomic mass is 9.76. The van der Waals surface area contributed by atoms with Crippen LogP contribution in [0.2, 0.25) is 0 Å². The lowest BCUT2D eigenvalue weighted by molar-refractivity contribution is 0.0127. The predicted molar refractivity (Wildman–Crippen MR) is 119 cm³/mol. The number of rotatable bonds is 6. The minimum atomic E-state index is 0.597. The Kier molecular flexibility index (Phi) is 5.30. The van der Waals surface area contributed by atoms with Gasteiger partial charge in [-0.15, -0.1) is 11.3 Å². The fraction of sp³-hybridized carbons (Fsp3) is 0.360. The normalized spacial score (nSPS) is 26.4. The highest BCUT2D eigenvalue weighted by Crippen LogP contribution is 2.34. The molecule has 2 unspecified atom stereocenters. The fourth-order valence-corrected chi connectivity index (χ4v) is 5.76. The molecule has 0 aliphatic carbocycles. The number of hydrogen-bond donors (Lipinski definition) is 1. The second kappa shape index (κ2) is 8.20. The Hall–Kier alpha value is -1.94. The van der Waals surface area contributed by atoms with Crippen LogP contribution in [0.15, 0.2) is 72.1 Å². The summed E-state index contributed by atoms with van der Waals surface area (Å²) in [6.07, 6.45) is 3.84. The maximum absolute atomic E-state index is 3.93. The molecular weight excluding hydrogens is 360 g/mol. The number of piperidine rings is 3. The van der Waals surface area contributed by atoms with Gasteiger partial charge in [0.05, 0.1) is 0 Å². The van der Waals surface area contributed by atoms with Crippen molar-refractivity contribution in [2.24, 2.45) is 5.92 Å². The van der Waals surface area contributed by atoms with Crippen LogP contribution in [0, 0.1) is 5.92 Å². The van der Waals surface area contributed by atoms with Crippen molar-refractivity contribution in [3.8, 4) is 10.4 Å². The highest BCUT2D eigenvalue weighted by molar-refractivity contribution is 7.13. The molecule has 0 spiro atoms. The zero-order chi connectivity index (χ0) is 18.8. The average Bonchev–Trinajstić information content (AvgIpc) is 3.30. The third-order valence-corrected chi connectivity index (χ3v) is 7.47. The highest BCUT2D eigenvalue weighted by Gasteiger charge is 2.41. The van der Waals surface area contributed by atoms with Gasteiger partial charge in [0.15, 0.2) is 0 Å². The quantitative estimate of drug-likeness (QED) is 0.623. The molecule has 2 nitrogen and oxygen atoms in total. The SMILES string of the molecule is c1ccc(CNC2C3CCN(CC3)C2Cc2ccc(-c3cccs3)cc2)cc1. The van der Waals surface area contributed by atoms with Gasteiger partial charge in [0.25, 0.3) is 0 Å². The number of nitrogens with one attached hydrogen (secondary N) is 1. The van der Waals surface area contributed by atoms with Crippen molar-refractivity contribution >= 4 is 11.3 Å². The molecule has 2 atom stereocenters. The van der Waals surface area contributed by atoms with Crippen LogP contribution in [0.3, 0.4) is 0 Å². The topological polar surface area (TPSA) is 15.3 Å². The summed E-state index contributed by atoms with van der Waals surface area (Å²) in [5, 5.41) is 6.08. The van der Waals surface area contributed by atoms with Crippen molar-refractivity contribution in [1.82, 2.24) is 10.2 Å². The molecule has 0 saturated carbocycles. The van der Waals surface area contributed by atoms with Crippen LogP contribution >= 0.6 is 11.3 Å². The summed E-state index contributed by atoms with van der Waals surface area (Å²) in [6, 6.07) is 25.6. The van der Waals surface area contributed by atoms with Crippen molar-refractivity contribution in [2.75, 3.05) is 13.1 Å². The smallest absolute Gasteiger partial charge is 0.0342 e. The van der Waals surface area contributed by atoms with E-state index in [1.807, 2.05) is 11.3 Å². The Morgan fingerprint density at radius 3 is 2.36 bits per heavy atom. The summed E-state index contributed by atoms with van der Waals surface area (Å²) in [4.78, 5) is 4.09. The van der Waals surface area contributed by atoms with Crippen LogP contribution in [0.4, 0.5) is 0 Å². The molecular formula is C25H28N2S. The second-order valence-corrected chi connectivity index (χ2v) is 9.16. The molecule has 4 heterocycles. The van der Waals surface area contributed by atoms with Gasteiger partial charge in [0.2, 0.25) is 0 Å². The molecule has 0 amide bonds. The molecule has 3 heteroatoms. The number of hydrogen-bond acceptors (Lipinski definition) is 3. The minimum Gasteiger partial charge on any atom is -0.308 e. The van der Waals surface area contributed by atoms with Crippen LogP contribution < -0.4 is 5.32 Å². The van der Waals surface area contributed by atoms with Crippen LogP contribution in [-0.2, 0) is 13.0 Å². The fourth-order valence-electron chi connectivity index (χ4n) is 5.03. The summed E-state index contributed by atoms with van der Waals surface area (Å²) in [5.74, 6) is 0.823. The molecule has 2 bridgehead atoms. The van der Waals surface area contributed by atoms with Gasteiger partial charge in [-0.1, -0.05) is 60.7 Å². The van der Waals surface area contributed by atoms with E-state index >= 15 is 0 Å². The third-order valence-electron chi connectivity index (χ3n) is 6.55. The van der Waals surface area contributed by atoms with Gasteiger partial charge >= 0.3 is 0 Å². The van der Waals surface area contributed by atoms with E-state index in [1.165, 1.54) is 47.5 Å². The highest BCUT2D eigenvalue weighted by atomic mass is 32.1. The van der Waals surface area contributed by atoms with E-state index in [4.69, 9.17) is 0 Å². The first-order valence-corrected chi connectivity index (χ1v) is 11.4. The summed E-state index contributed by atoms with van der Waals surface area (Å²) < 4.78 is 0. The molecule has 144 valence electrons. The van der Waals surface area contributed by atoms with E-state index in [-0.39, 0.29) is 0 Å². The first-order valence-electron chi connectivity index (χ1n) is 10.5. The van der Waals surface area contributed by atoms with Crippen molar-refractivity contribution < 1.29 is 0 Å². The standard InChI is InChI=1S/C25H28N2S/c1-2-5-20(6-3-1)18-26-25-22-12-14-27(15-13-22)23(25)17-19-8-10-21(11-9-19)24-7-4-16-28-24/h1-11,16,22-23,25-26H,12-15,17-18H2. The van der Waals surface area contributed by atoms with E-state index in [1.54, 1.807) is 0 Å². The number of thiophene rings is 1. The van der Waals surface area contributed by atoms with Gasteiger partial charge in [-0.3, -0.25) is 4.90 Å². The lowest BCUT2D eigenvalue weighted by Gasteiger charge is -2.51. The van der Waals surface area contributed by atoms with Crippen molar-refractivity contribution in [3.63, 3.8) is 0 Å². The summed E-state index contributed by atoms with van der Waals surface area (Å²) in [6.45, 7) is 3.52. The molecule has 3 aliphatic rings. The zero-order valence-electron chi connectivity index (χ0n) is 16.3. The van der Waals surface area contributed by atoms with Crippen LogP contribution in [0.25, 0.3) is 10.4 Å². The molecule has 1 N–H and O–H groups in total. The summed E-state index contributed by atoms with van der Waals surface area (Å²) in [7, 11) is 0. The second-order valence-electron chi connectivity index (χ2n) is 8.21. The molecule has 28 heavy (non-hydrogen) atoms. The third kappa shape index (κ3) is 3.80. The van der Waals surface area contributed by atoms with Gasteiger partial charge in [-0.05, 0) is 66.4 Å². The van der Waals surface area contributed by atoms with E-state index < -0.39 is 0 Å². The van der Waals surface area contributed by atoms with Crippen LogP contribution in [-0.4, -0.2) is 30.1 Å². The van der Waals surface area contributed by atoms with E-state index in [0.29, 0.717) is 12.1 Å². The maximum atomic E-state index is 3.93. The monoisotopic (exact) mass is 388 g/mol. The Labute approximate surface area is 172 Å². The number of fused-ring (bicyclic) bond motifs is 3. The molecule has 1 aromatic heterocycles. The largest absolute Gasteiger partial charge is 0.308 e. The van der Waals surface area contributed by atoms with Crippen molar-refractivity contribution in [2.45, 2.75) is 37.9 Å². The minimum absolute atomic E-state index is 0.597. The van der Waals surface area contributed by atoms with Crippen molar-refractivity contribution in [1.29, 1.82) is 0 Å². The molecule has 3 aliphatic heterocycles. The summed E-state index contributed by atoms with van der Waals surface area (Å²) >= 11 is 1.81. The average molecular weight is 389 g/mol. The van der Waals surface area contributed by atoms with Crippen molar-refractivity contribution in [3.05, 3.63) is 83.2 Å². The molecule has 3 fully saturated rings. The van der Waals surface area contributed by atoms with Gasteiger partial charge in [-0.25, -0.2) is 0 Å². The van der Waals surface area contributed by atoms with Gasteiger partial charge < -0.3 is 5.32 Å². The van der Waals surface area contributed by atoms with Gasteiger partial charge in [0, 0.05) is 23.5 Å². The summed E-state index contributed by atoms with van der Waals surface area (Å²) in [5.41, 5.74) is 4.19. The van der Waals surface area contributed by atoms with E-state index in [2.05, 4.69) is 82.3 Å². The lowest BCUT2D eigenvalue weighted by Crippen LogP contribution is -2.63. The zero-order valence-corrected chi connectivity index (χ0v) is 17.1. The van der Waals surface area contributed by atoms with Gasteiger partial charge in [0.1, 0.15) is 0 Å². The Bertz CT molecular complexity index is 865. The number of benzene rings is 2. The Morgan fingerprint density at radius 2 is 1.64 bits per heavy atom. The first-order chi connectivity index (χ1) is 13.9. The molecule has 6 rings (SSSR count).